The van der Waals surface area contributed by atoms with Crippen LogP contribution in [-0.4, -0.2) is 58.5 Å². The van der Waals surface area contributed by atoms with Crippen LogP contribution in [-0.2, 0) is 44.4 Å². The molecule has 0 spiro atoms. The summed E-state index contributed by atoms with van der Waals surface area (Å²) < 4.78 is 43.7. The van der Waals surface area contributed by atoms with Crippen molar-refractivity contribution in [3.63, 3.8) is 0 Å². The van der Waals surface area contributed by atoms with E-state index in [1.807, 2.05) is 0 Å². The zero-order valence-electron chi connectivity index (χ0n) is 21.1. The summed E-state index contributed by atoms with van der Waals surface area (Å²) in [5.74, 6) is -0.928. The summed E-state index contributed by atoms with van der Waals surface area (Å²) in [6.45, 7) is 8.34. The fraction of sp³-hybridized carbons (Fsp3) is 0.640. The summed E-state index contributed by atoms with van der Waals surface area (Å²) in [7, 11) is 0. The molecule has 2 fully saturated rings. The van der Waals surface area contributed by atoms with Crippen molar-refractivity contribution in [3.05, 3.63) is 35.4 Å². The first kappa shape index (κ1) is 30.0. The maximum Gasteiger partial charge on any atom is 0.416 e. The van der Waals surface area contributed by atoms with Gasteiger partial charge in [0.25, 0.3) is 0 Å². The van der Waals surface area contributed by atoms with Crippen molar-refractivity contribution in [2.75, 3.05) is 19.6 Å². The van der Waals surface area contributed by atoms with Crippen LogP contribution < -0.4 is 5.32 Å². The molecule has 1 N–H and O–H groups in total. The van der Waals surface area contributed by atoms with Crippen LogP contribution in [0, 0.1) is 5.92 Å². The van der Waals surface area contributed by atoms with Gasteiger partial charge in [-0.2, -0.15) is 13.2 Å². The van der Waals surface area contributed by atoms with Gasteiger partial charge < -0.3 is 19.9 Å². The number of ether oxygens (including phenoxy) is 1. The van der Waals surface area contributed by atoms with Crippen LogP contribution in [0.4, 0.5) is 18.0 Å². The fourth-order valence-corrected chi connectivity index (χ4v) is 4.63. The molecule has 1 aromatic rings. The largest absolute Gasteiger partial charge is 0.444 e. The molecule has 11 heteroatoms. The van der Waals surface area contributed by atoms with Gasteiger partial charge in [0.1, 0.15) is 11.1 Å². The number of benzene rings is 1. The minimum absolute atomic E-state index is 0. The zero-order chi connectivity index (χ0) is 26.0. The monoisotopic (exact) mass is 549 g/mol. The predicted molar refractivity (Wildman–Crippen MR) is 123 cm³/mol. The Balaban J connectivity index is 0.00000456. The average Bonchev–Trinajstić information content (AvgIpc) is 3.18. The first-order valence-electron chi connectivity index (χ1n) is 11.9. The Morgan fingerprint density at radius 1 is 1.08 bits per heavy atom. The molecule has 2 aliphatic heterocycles. The van der Waals surface area contributed by atoms with E-state index in [-0.39, 0.29) is 42.3 Å². The molecule has 2 atom stereocenters. The third-order valence-electron chi connectivity index (χ3n) is 6.55. The normalized spacial score (nSPS) is 22.6. The van der Waals surface area contributed by atoms with E-state index < -0.39 is 34.9 Å². The summed E-state index contributed by atoms with van der Waals surface area (Å²) >= 11 is 0. The molecule has 2 saturated heterocycles. The van der Waals surface area contributed by atoms with E-state index in [1.165, 1.54) is 12.1 Å². The minimum atomic E-state index is -4.42. The molecule has 3 amide bonds. The smallest absolute Gasteiger partial charge is 0.416 e. The van der Waals surface area contributed by atoms with Crippen LogP contribution in [0.15, 0.2) is 24.3 Å². The van der Waals surface area contributed by atoms with Gasteiger partial charge >= 0.3 is 12.3 Å². The third-order valence-corrected chi connectivity index (χ3v) is 6.55. The number of carbonyl (C=O) groups is 3. The zero-order valence-corrected chi connectivity index (χ0v) is 22.4. The molecule has 0 aromatic heterocycles. The Hall–Kier alpha value is -2.25. The van der Waals surface area contributed by atoms with Crippen LogP contribution in [0.2, 0.25) is 0 Å². The Bertz CT molecular complexity index is 949. The van der Waals surface area contributed by atoms with Crippen molar-refractivity contribution in [1.29, 1.82) is 0 Å². The molecule has 2 heterocycles. The van der Waals surface area contributed by atoms with Crippen LogP contribution in [0.1, 0.15) is 64.5 Å². The van der Waals surface area contributed by atoms with Gasteiger partial charge in [0.15, 0.2) is 0 Å². The number of rotatable bonds is 4. The number of likely N-dealkylation sites (tertiary alicyclic amines) is 2. The number of nitrogens with one attached hydrogen (secondary N) is 1. The molecule has 7 nitrogen and oxygen atoms in total. The topological polar surface area (TPSA) is 79.0 Å². The van der Waals surface area contributed by atoms with E-state index >= 15 is 0 Å². The number of hydrogen-bond donors (Lipinski definition) is 1. The second-order valence-electron chi connectivity index (χ2n) is 10.5. The van der Waals surface area contributed by atoms with Crippen molar-refractivity contribution in [1.82, 2.24) is 15.1 Å². The van der Waals surface area contributed by atoms with Crippen molar-refractivity contribution in [3.8, 4) is 0 Å². The van der Waals surface area contributed by atoms with Gasteiger partial charge in [-0.15, -0.1) is 0 Å². The summed E-state index contributed by atoms with van der Waals surface area (Å²) in [6.07, 6.45) is -2.43. The summed E-state index contributed by atoms with van der Waals surface area (Å²) in [6, 6.07) is 4.62. The van der Waals surface area contributed by atoms with Crippen LogP contribution in [0.5, 0.6) is 0 Å². The van der Waals surface area contributed by atoms with E-state index in [1.54, 1.807) is 37.5 Å². The molecule has 0 bridgehead atoms. The SMILES string of the molecule is CC(C)(C)OC(=O)N1CCC[C@H](C(=O)N2CCC[C@]2(C)C(=O)NCc2ccc(C(F)(F)F)cc2)C1.[Cr]. The van der Waals surface area contributed by atoms with Crippen molar-refractivity contribution >= 4 is 17.9 Å². The van der Waals surface area contributed by atoms with Crippen molar-refractivity contribution in [2.45, 2.75) is 77.2 Å². The number of carbonyl (C=O) groups excluding carboxylic acids is 3. The van der Waals surface area contributed by atoms with Crippen molar-refractivity contribution in [2.24, 2.45) is 5.92 Å². The van der Waals surface area contributed by atoms with Crippen LogP contribution in [0.3, 0.4) is 0 Å². The molecule has 2 aliphatic rings. The minimum Gasteiger partial charge on any atom is -0.444 e. The molecule has 200 valence electrons. The number of alkyl halides is 3. The molecule has 0 unspecified atom stereocenters. The quantitative estimate of drug-likeness (QED) is 0.606. The molecule has 0 aliphatic carbocycles. The van der Waals surface area contributed by atoms with Gasteiger partial charge in [0.05, 0.1) is 11.5 Å². The average molecular weight is 550 g/mol. The first-order chi connectivity index (χ1) is 16.2. The van der Waals surface area contributed by atoms with Crippen molar-refractivity contribution < 1.29 is 49.7 Å². The molecule has 0 saturated carbocycles. The molecular weight excluding hydrogens is 515 g/mol. The van der Waals surface area contributed by atoms with Gasteiger partial charge in [-0.05, 0) is 71.1 Å². The van der Waals surface area contributed by atoms with Gasteiger partial charge in [-0.3, -0.25) is 9.59 Å². The van der Waals surface area contributed by atoms with Gasteiger partial charge in [-0.1, -0.05) is 12.1 Å². The number of hydrogen-bond acceptors (Lipinski definition) is 4. The van der Waals surface area contributed by atoms with E-state index in [2.05, 4.69) is 5.32 Å². The van der Waals surface area contributed by atoms with E-state index in [4.69, 9.17) is 4.74 Å². The molecular formula is C25H34CrF3N3O4. The molecule has 1 aromatic carbocycles. The molecule has 36 heavy (non-hydrogen) atoms. The second kappa shape index (κ2) is 11.4. The summed E-state index contributed by atoms with van der Waals surface area (Å²) in [5, 5.41) is 2.78. The number of piperidine rings is 1. The number of amides is 3. The predicted octanol–water partition coefficient (Wildman–Crippen LogP) is 4.35. The second-order valence-corrected chi connectivity index (χ2v) is 10.5. The molecule has 0 radical (unpaired) electrons. The van der Waals surface area contributed by atoms with E-state index in [0.29, 0.717) is 44.3 Å². The number of halogens is 3. The van der Waals surface area contributed by atoms with Gasteiger partial charge in [0.2, 0.25) is 11.8 Å². The van der Waals surface area contributed by atoms with Crippen LogP contribution in [0.25, 0.3) is 0 Å². The Labute approximate surface area is 220 Å². The standard InChI is InChI=1S/C25H34F3N3O4.Cr/c1-23(2,3)35-22(34)30-13-5-7-18(16-30)20(32)31-14-6-12-24(31,4)21(33)29-15-17-8-10-19(11-9-17)25(26,27)28;/h8-11,18H,5-7,12-16H2,1-4H3,(H,29,33);/t18-,24+;/m0./s1. The summed E-state index contributed by atoms with van der Waals surface area (Å²) in [4.78, 5) is 42.2. The Morgan fingerprint density at radius 3 is 2.31 bits per heavy atom. The summed E-state index contributed by atoms with van der Waals surface area (Å²) in [5.41, 5.74) is -1.91. The maximum atomic E-state index is 13.4. The molecule has 3 rings (SSSR count). The fourth-order valence-electron chi connectivity index (χ4n) is 4.63. The van der Waals surface area contributed by atoms with Gasteiger partial charge in [-0.25, -0.2) is 4.79 Å². The maximum absolute atomic E-state index is 13.4. The van der Waals surface area contributed by atoms with Gasteiger partial charge in [0, 0.05) is 43.5 Å². The first-order valence-corrected chi connectivity index (χ1v) is 11.9. The third kappa shape index (κ3) is 7.16. The Morgan fingerprint density at radius 2 is 1.72 bits per heavy atom. The number of nitrogens with zero attached hydrogens (tertiary/aromatic N) is 2. The van der Waals surface area contributed by atoms with E-state index in [0.717, 1.165) is 12.1 Å². The van der Waals surface area contributed by atoms with E-state index in [9.17, 15) is 27.6 Å². The Kier molecular flexibility index (Phi) is 9.52. The van der Waals surface area contributed by atoms with Crippen LogP contribution >= 0.6 is 0 Å².